The highest BCUT2D eigenvalue weighted by Gasteiger charge is 2.04. The van der Waals surface area contributed by atoms with Gasteiger partial charge in [0.15, 0.2) is 0 Å². The molecule has 0 aromatic heterocycles. The number of aromatic carboxylic acids is 1. The number of benzene rings is 2. The van der Waals surface area contributed by atoms with E-state index in [-0.39, 0.29) is 5.56 Å². The zero-order valence-electron chi connectivity index (χ0n) is 21.3. The van der Waals surface area contributed by atoms with Crippen LogP contribution in [0.1, 0.15) is 113 Å². The summed E-state index contributed by atoms with van der Waals surface area (Å²) in [5.74, 6) is -0.254. The molecule has 0 atom stereocenters. The van der Waals surface area contributed by atoms with Crippen LogP contribution in [-0.2, 0) is 0 Å². The van der Waals surface area contributed by atoms with Crippen molar-refractivity contribution in [3.63, 3.8) is 0 Å². The first-order valence-electron chi connectivity index (χ1n) is 13.4. The fourth-order valence-electron chi connectivity index (χ4n) is 4.03. The highest BCUT2D eigenvalue weighted by molar-refractivity contribution is 6.32. The van der Waals surface area contributed by atoms with Gasteiger partial charge in [0.25, 0.3) is 0 Å². The Morgan fingerprint density at radius 3 is 1.89 bits per heavy atom. The first kappa shape index (κ1) is 28.9. The highest BCUT2D eigenvalue weighted by atomic mass is 35.5. The Bertz CT molecular complexity index is 880. The maximum Gasteiger partial charge on any atom is 0.335 e. The Morgan fingerprint density at radius 1 is 0.829 bits per heavy atom. The summed E-state index contributed by atoms with van der Waals surface area (Å²) in [4.78, 5) is 15.3. The zero-order chi connectivity index (χ0) is 25.1. The van der Waals surface area contributed by atoms with Crippen LogP contribution in [0.5, 0.6) is 5.75 Å². The van der Waals surface area contributed by atoms with Gasteiger partial charge in [0.1, 0.15) is 5.75 Å². The van der Waals surface area contributed by atoms with Crippen LogP contribution in [0.2, 0.25) is 5.02 Å². The first-order chi connectivity index (χ1) is 17.1. The van der Waals surface area contributed by atoms with Gasteiger partial charge in [-0.05, 0) is 42.3 Å². The fourth-order valence-corrected chi connectivity index (χ4v) is 4.26. The topological polar surface area (TPSA) is 58.9 Å². The summed E-state index contributed by atoms with van der Waals surface area (Å²) in [6.07, 6.45) is 20.5. The van der Waals surface area contributed by atoms with Gasteiger partial charge in [-0.2, -0.15) is 0 Å². The lowest BCUT2D eigenvalue weighted by atomic mass is 10.0. The number of aliphatic imine (C=N–C) groups is 1. The van der Waals surface area contributed by atoms with Crippen molar-refractivity contribution in [3.8, 4) is 5.75 Å². The number of rotatable bonds is 19. The molecule has 0 aliphatic rings. The number of hydrogen-bond acceptors (Lipinski definition) is 3. The number of carboxylic acid groups (broad SMARTS) is 1. The minimum atomic E-state index is -0.940. The lowest BCUT2D eigenvalue weighted by molar-refractivity contribution is 0.0697. The summed E-state index contributed by atoms with van der Waals surface area (Å²) in [5.41, 5.74) is 1.80. The molecule has 0 aliphatic heterocycles. The summed E-state index contributed by atoms with van der Waals surface area (Å²) >= 11 is 6.37. The molecule has 0 amide bonds. The van der Waals surface area contributed by atoms with E-state index in [1.807, 2.05) is 12.1 Å². The summed E-state index contributed by atoms with van der Waals surface area (Å²) < 4.78 is 5.86. The van der Waals surface area contributed by atoms with E-state index >= 15 is 0 Å². The third-order valence-electron chi connectivity index (χ3n) is 6.19. The smallest absolute Gasteiger partial charge is 0.335 e. The van der Waals surface area contributed by atoms with Gasteiger partial charge in [-0.25, -0.2) is 4.79 Å². The van der Waals surface area contributed by atoms with E-state index in [1.54, 1.807) is 36.5 Å². The Morgan fingerprint density at radius 2 is 1.37 bits per heavy atom. The average Bonchev–Trinajstić information content (AvgIpc) is 2.86. The molecule has 2 rings (SSSR count). The van der Waals surface area contributed by atoms with Crippen LogP contribution in [0.3, 0.4) is 0 Å². The van der Waals surface area contributed by atoms with Crippen molar-refractivity contribution in [3.05, 3.63) is 58.6 Å². The molecule has 1 N–H and O–H groups in total. The normalized spacial score (nSPS) is 11.3. The van der Waals surface area contributed by atoms with Crippen molar-refractivity contribution in [2.24, 2.45) is 4.99 Å². The monoisotopic (exact) mass is 499 g/mol. The van der Waals surface area contributed by atoms with Gasteiger partial charge in [0.2, 0.25) is 0 Å². The summed E-state index contributed by atoms with van der Waals surface area (Å²) in [5, 5.41) is 9.51. The number of unbranched alkanes of at least 4 members (excludes halogenated alkanes) is 13. The van der Waals surface area contributed by atoms with Crippen LogP contribution in [0.4, 0.5) is 5.69 Å². The predicted molar refractivity (Wildman–Crippen MR) is 148 cm³/mol. The third-order valence-corrected chi connectivity index (χ3v) is 6.49. The van der Waals surface area contributed by atoms with E-state index < -0.39 is 5.97 Å². The second-order valence-corrected chi connectivity index (χ2v) is 9.65. The van der Waals surface area contributed by atoms with Crippen molar-refractivity contribution in [1.29, 1.82) is 0 Å². The SMILES string of the molecule is CCCCCCCCCCCCCCCCOc1ccc(N=Cc2ccc(C(=O)O)cc2)cc1Cl. The minimum Gasteiger partial charge on any atom is -0.492 e. The molecular formula is C30H42ClNO3. The van der Waals surface area contributed by atoms with E-state index in [9.17, 15) is 4.79 Å². The quantitative estimate of drug-likeness (QED) is 0.154. The Kier molecular flexibility index (Phi) is 14.9. The maximum atomic E-state index is 10.9. The zero-order valence-corrected chi connectivity index (χ0v) is 22.1. The van der Waals surface area contributed by atoms with E-state index in [2.05, 4.69) is 11.9 Å². The van der Waals surface area contributed by atoms with Crippen molar-refractivity contribution in [2.45, 2.75) is 96.8 Å². The number of ether oxygens (including phenoxy) is 1. The van der Waals surface area contributed by atoms with Crippen LogP contribution < -0.4 is 4.74 Å². The van der Waals surface area contributed by atoms with Gasteiger partial charge in [0, 0.05) is 6.21 Å². The van der Waals surface area contributed by atoms with Gasteiger partial charge in [0.05, 0.1) is 22.9 Å². The van der Waals surface area contributed by atoms with Gasteiger partial charge in [-0.1, -0.05) is 114 Å². The lowest BCUT2D eigenvalue weighted by Crippen LogP contribution is -1.97. The van der Waals surface area contributed by atoms with Crippen LogP contribution in [0.15, 0.2) is 47.5 Å². The van der Waals surface area contributed by atoms with E-state index in [0.29, 0.717) is 17.4 Å². The molecular weight excluding hydrogens is 458 g/mol. The number of carbonyl (C=O) groups is 1. The van der Waals surface area contributed by atoms with Crippen molar-refractivity contribution < 1.29 is 14.6 Å². The van der Waals surface area contributed by atoms with Crippen LogP contribution in [0, 0.1) is 0 Å². The fraction of sp³-hybridized carbons (Fsp3) is 0.533. The number of halogens is 1. The third kappa shape index (κ3) is 12.8. The van der Waals surface area contributed by atoms with Gasteiger partial charge < -0.3 is 9.84 Å². The molecule has 192 valence electrons. The Balaban J connectivity index is 1.53. The second-order valence-electron chi connectivity index (χ2n) is 9.24. The molecule has 0 unspecified atom stereocenters. The molecule has 2 aromatic carbocycles. The van der Waals surface area contributed by atoms with Gasteiger partial charge in [-0.15, -0.1) is 0 Å². The molecule has 2 aromatic rings. The first-order valence-corrected chi connectivity index (χ1v) is 13.8. The Labute approximate surface area is 216 Å². The lowest BCUT2D eigenvalue weighted by Gasteiger charge is -2.08. The predicted octanol–water partition coefficient (Wildman–Crippen LogP) is 9.65. The highest BCUT2D eigenvalue weighted by Crippen LogP contribution is 2.29. The Hall–Kier alpha value is -2.33. The summed E-state index contributed by atoms with van der Waals surface area (Å²) in [6.45, 7) is 2.95. The van der Waals surface area contributed by atoms with Crippen LogP contribution in [0.25, 0.3) is 0 Å². The maximum absolute atomic E-state index is 10.9. The molecule has 5 heteroatoms. The van der Waals surface area contributed by atoms with Gasteiger partial charge in [-0.3, -0.25) is 4.99 Å². The number of hydrogen-bond donors (Lipinski definition) is 1. The largest absolute Gasteiger partial charge is 0.492 e. The van der Waals surface area contributed by atoms with E-state index in [1.165, 1.54) is 83.5 Å². The molecule has 0 fully saturated rings. The van der Waals surface area contributed by atoms with Crippen molar-refractivity contribution in [1.82, 2.24) is 0 Å². The molecule has 0 saturated carbocycles. The molecule has 0 saturated heterocycles. The van der Waals surface area contributed by atoms with Crippen molar-refractivity contribution >= 4 is 29.5 Å². The molecule has 4 nitrogen and oxygen atoms in total. The van der Waals surface area contributed by atoms with Crippen molar-refractivity contribution in [2.75, 3.05) is 6.61 Å². The van der Waals surface area contributed by atoms with E-state index in [0.717, 1.165) is 17.7 Å². The number of nitrogens with zero attached hydrogens (tertiary/aromatic N) is 1. The molecule has 0 spiro atoms. The van der Waals surface area contributed by atoms with Crippen LogP contribution in [-0.4, -0.2) is 23.9 Å². The number of carboxylic acids is 1. The van der Waals surface area contributed by atoms with Crippen LogP contribution >= 0.6 is 11.6 Å². The summed E-state index contributed by atoms with van der Waals surface area (Å²) in [6, 6.07) is 12.1. The molecule has 0 aliphatic carbocycles. The summed E-state index contributed by atoms with van der Waals surface area (Å²) in [7, 11) is 0. The molecule has 0 bridgehead atoms. The molecule has 0 heterocycles. The van der Waals surface area contributed by atoms with Gasteiger partial charge >= 0.3 is 5.97 Å². The minimum absolute atomic E-state index is 0.255. The van der Waals surface area contributed by atoms with E-state index in [4.69, 9.17) is 21.4 Å². The molecule has 0 radical (unpaired) electrons. The standard InChI is InChI=1S/C30H42ClNO3/c1-2-3-4-5-6-7-8-9-10-11-12-13-14-15-22-35-29-21-20-27(23-28(29)31)32-24-25-16-18-26(19-17-25)30(33)34/h16-21,23-24H,2-15,22H2,1H3,(H,33,34). The second kappa shape index (κ2) is 18.0. The molecule has 35 heavy (non-hydrogen) atoms. The average molecular weight is 500 g/mol.